The number of halogens is 1. The van der Waals surface area contributed by atoms with E-state index in [2.05, 4.69) is 22.9 Å². The predicted octanol–water partition coefficient (Wildman–Crippen LogP) is 2.08. The van der Waals surface area contributed by atoms with Crippen LogP contribution >= 0.6 is 11.6 Å². The maximum Gasteiger partial charge on any atom is 0.0696 e. The van der Waals surface area contributed by atoms with Gasteiger partial charge in [0.1, 0.15) is 0 Å². The molecule has 0 saturated carbocycles. The normalized spacial score (nSPS) is 13.1. The van der Waals surface area contributed by atoms with Gasteiger partial charge in [-0.15, -0.1) is 11.6 Å². The smallest absolute Gasteiger partial charge is 0.0696 e. The van der Waals surface area contributed by atoms with Gasteiger partial charge in [0.05, 0.1) is 17.7 Å². The molecule has 0 aliphatic carbocycles. The molecule has 1 aromatic rings. The largest absolute Gasteiger partial charge is 0.383 e. The zero-order chi connectivity index (χ0) is 12.0. The van der Waals surface area contributed by atoms with Crippen molar-refractivity contribution in [3.8, 4) is 0 Å². The molecule has 0 radical (unpaired) electrons. The van der Waals surface area contributed by atoms with Gasteiger partial charge in [0.25, 0.3) is 0 Å². The van der Waals surface area contributed by atoms with Crippen LogP contribution in [0.1, 0.15) is 11.3 Å². The molecule has 0 fully saturated rings. The maximum absolute atomic E-state index is 6.09. The van der Waals surface area contributed by atoms with Gasteiger partial charge in [-0.3, -0.25) is 9.88 Å². The van der Waals surface area contributed by atoms with Gasteiger partial charge >= 0.3 is 0 Å². The number of nitrogens with zero attached hydrogens (tertiary/aromatic N) is 2. The Morgan fingerprint density at radius 1 is 1.56 bits per heavy atom. The van der Waals surface area contributed by atoms with E-state index in [1.54, 1.807) is 7.11 Å². The second-order valence-electron chi connectivity index (χ2n) is 4.02. The fourth-order valence-electron chi connectivity index (χ4n) is 1.58. The second-order valence-corrected chi connectivity index (χ2v) is 4.63. The molecule has 1 atom stereocenters. The van der Waals surface area contributed by atoms with Crippen LogP contribution in [0.5, 0.6) is 0 Å². The van der Waals surface area contributed by atoms with Crippen LogP contribution in [0.2, 0.25) is 0 Å². The highest BCUT2D eigenvalue weighted by Gasteiger charge is 2.09. The maximum atomic E-state index is 6.09. The number of aryl methyl sites for hydroxylation is 1. The van der Waals surface area contributed by atoms with Crippen molar-refractivity contribution in [2.75, 3.05) is 27.3 Å². The Morgan fingerprint density at radius 2 is 2.31 bits per heavy atom. The number of methoxy groups -OCH3 is 1. The van der Waals surface area contributed by atoms with E-state index in [0.717, 1.165) is 18.8 Å². The zero-order valence-corrected chi connectivity index (χ0v) is 10.9. The highest BCUT2D eigenvalue weighted by molar-refractivity contribution is 6.20. The van der Waals surface area contributed by atoms with Crippen molar-refractivity contribution >= 4 is 11.6 Å². The summed E-state index contributed by atoms with van der Waals surface area (Å²) in [4.78, 5) is 6.51. The molecule has 0 aromatic carbocycles. The quantitative estimate of drug-likeness (QED) is 0.715. The molecule has 1 rings (SSSR count). The van der Waals surface area contributed by atoms with Crippen molar-refractivity contribution < 1.29 is 4.74 Å². The van der Waals surface area contributed by atoms with Crippen molar-refractivity contribution in [2.45, 2.75) is 18.8 Å². The summed E-state index contributed by atoms with van der Waals surface area (Å²) >= 11 is 6.09. The molecule has 0 bridgehead atoms. The molecule has 0 amide bonds. The molecular weight excluding hydrogens is 224 g/mol. The minimum Gasteiger partial charge on any atom is -0.383 e. The highest BCUT2D eigenvalue weighted by atomic mass is 35.5. The first-order chi connectivity index (χ1) is 7.63. The molecule has 4 heteroatoms. The number of alkyl halides is 1. The van der Waals surface area contributed by atoms with Crippen LogP contribution in [0.15, 0.2) is 18.3 Å². The Morgan fingerprint density at radius 3 is 2.94 bits per heavy atom. The average Bonchev–Trinajstić information content (AvgIpc) is 2.21. The summed E-state index contributed by atoms with van der Waals surface area (Å²) in [6.45, 7) is 4.27. The first kappa shape index (κ1) is 13.4. The number of hydrogen-bond donors (Lipinski definition) is 0. The third-order valence-electron chi connectivity index (χ3n) is 2.39. The van der Waals surface area contributed by atoms with Crippen molar-refractivity contribution in [3.05, 3.63) is 29.6 Å². The lowest BCUT2D eigenvalue weighted by atomic mass is 10.2. The van der Waals surface area contributed by atoms with Crippen molar-refractivity contribution in [3.63, 3.8) is 0 Å². The van der Waals surface area contributed by atoms with Crippen LogP contribution in [-0.4, -0.2) is 42.6 Å². The third kappa shape index (κ3) is 4.47. The van der Waals surface area contributed by atoms with Gasteiger partial charge < -0.3 is 4.74 Å². The number of aromatic nitrogens is 1. The molecule has 0 N–H and O–H groups in total. The zero-order valence-electron chi connectivity index (χ0n) is 10.1. The molecule has 16 heavy (non-hydrogen) atoms. The van der Waals surface area contributed by atoms with Gasteiger partial charge in [-0.05, 0) is 25.6 Å². The number of rotatable bonds is 6. The number of hydrogen-bond acceptors (Lipinski definition) is 3. The lowest BCUT2D eigenvalue weighted by Gasteiger charge is -2.19. The van der Waals surface area contributed by atoms with Gasteiger partial charge in [0, 0.05) is 26.4 Å². The Hall–Kier alpha value is -0.640. The van der Waals surface area contributed by atoms with Crippen molar-refractivity contribution in [1.82, 2.24) is 9.88 Å². The van der Waals surface area contributed by atoms with Gasteiger partial charge in [0.2, 0.25) is 0 Å². The Balaban J connectivity index is 2.45. The van der Waals surface area contributed by atoms with Crippen molar-refractivity contribution in [1.29, 1.82) is 0 Å². The van der Waals surface area contributed by atoms with E-state index in [0.29, 0.717) is 6.61 Å². The summed E-state index contributed by atoms with van der Waals surface area (Å²) in [5.74, 6) is 0. The minimum absolute atomic E-state index is 0.0269. The van der Waals surface area contributed by atoms with E-state index in [4.69, 9.17) is 16.3 Å². The van der Waals surface area contributed by atoms with Crippen LogP contribution in [0.4, 0.5) is 0 Å². The molecule has 0 aliphatic heterocycles. The summed E-state index contributed by atoms with van der Waals surface area (Å²) in [6, 6.07) is 4.03. The van der Waals surface area contributed by atoms with Crippen LogP contribution in [0, 0.1) is 6.92 Å². The Kier molecular flexibility index (Phi) is 5.74. The van der Waals surface area contributed by atoms with Gasteiger partial charge in [-0.25, -0.2) is 0 Å². The first-order valence-electron chi connectivity index (χ1n) is 5.35. The standard InChI is InChI=1S/C12H19ClN2O/c1-10-5-4-6-14-12(10)8-15(2)7-11(13)9-16-3/h4-6,11H,7-9H2,1-3H3. The SMILES string of the molecule is COCC(Cl)CN(C)Cc1ncccc1C. The Bertz CT molecular complexity index is 320. The topological polar surface area (TPSA) is 25.4 Å². The average molecular weight is 243 g/mol. The highest BCUT2D eigenvalue weighted by Crippen LogP contribution is 2.07. The second kappa shape index (κ2) is 6.84. The van der Waals surface area contributed by atoms with E-state index in [1.807, 2.05) is 19.3 Å². The fourth-order valence-corrected chi connectivity index (χ4v) is 1.94. The fraction of sp³-hybridized carbons (Fsp3) is 0.583. The molecule has 90 valence electrons. The minimum atomic E-state index is 0.0269. The van der Waals surface area contributed by atoms with E-state index >= 15 is 0 Å². The Labute approximate surface area is 102 Å². The summed E-state index contributed by atoms with van der Waals surface area (Å²) in [6.07, 6.45) is 1.82. The third-order valence-corrected chi connectivity index (χ3v) is 2.66. The molecular formula is C12H19ClN2O. The predicted molar refractivity (Wildman–Crippen MR) is 66.8 cm³/mol. The molecule has 0 saturated heterocycles. The number of pyridine rings is 1. The van der Waals surface area contributed by atoms with Crippen LogP contribution < -0.4 is 0 Å². The van der Waals surface area contributed by atoms with E-state index in [9.17, 15) is 0 Å². The monoisotopic (exact) mass is 242 g/mol. The number of ether oxygens (including phenoxy) is 1. The van der Waals surface area contributed by atoms with Crippen LogP contribution in [0.25, 0.3) is 0 Å². The lowest BCUT2D eigenvalue weighted by molar-refractivity contribution is 0.181. The molecule has 3 nitrogen and oxygen atoms in total. The summed E-state index contributed by atoms with van der Waals surface area (Å²) in [5, 5.41) is 0.0269. The first-order valence-corrected chi connectivity index (χ1v) is 5.79. The lowest BCUT2D eigenvalue weighted by Crippen LogP contribution is -2.28. The molecule has 1 unspecified atom stereocenters. The van der Waals surface area contributed by atoms with Crippen LogP contribution in [-0.2, 0) is 11.3 Å². The summed E-state index contributed by atoms with van der Waals surface area (Å²) in [7, 11) is 3.71. The molecule has 1 heterocycles. The summed E-state index contributed by atoms with van der Waals surface area (Å²) < 4.78 is 5.00. The van der Waals surface area contributed by atoms with Gasteiger partial charge in [-0.1, -0.05) is 6.07 Å². The van der Waals surface area contributed by atoms with E-state index in [1.165, 1.54) is 5.56 Å². The van der Waals surface area contributed by atoms with Crippen LogP contribution in [0.3, 0.4) is 0 Å². The summed E-state index contributed by atoms with van der Waals surface area (Å²) in [5.41, 5.74) is 2.32. The van der Waals surface area contributed by atoms with Gasteiger partial charge in [0.15, 0.2) is 0 Å². The van der Waals surface area contributed by atoms with Gasteiger partial charge in [-0.2, -0.15) is 0 Å². The van der Waals surface area contributed by atoms with E-state index in [-0.39, 0.29) is 5.38 Å². The molecule has 0 spiro atoms. The van der Waals surface area contributed by atoms with E-state index < -0.39 is 0 Å². The van der Waals surface area contributed by atoms with Crippen molar-refractivity contribution in [2.24, 2.45) is 0 Å². The molecule has 0 aliphatic rings. The molecule has 1 aromatic heterocycles.